The Morgan fingerprint density at radius 3 is 2.21 bits per heavy atom. The van der Waals surface area contributed by atoms with E-state index in [1.807, 2.05) is 32.9 Å². The summed E-state index contributed by atoms with van der Waals surface area (Å²) in [7, 11) is -1.30. The van der Waals surface area contributed by atoms with Crippen LogP contribution in [-0.4, -0.2) is 58.5 Å². The van der Waals surface area contributed by atoms with E-state index in [0.29, 0.717) is 18.7 Å². The highest BCUT2D eigenvalue weighted by Crippen LogP contribution is 2.35. The van der Waals surface area contributed by atoms with E-state index in [1.54, 1.807) is 43.5 Å². The molecule has 9 nitrogen and oxygen atoms in total. The molecule has 0 bridgehead atoms. The smallest absolute Gasteiger partial charge is 0.264 e. The third-order valence-corrected chi connectivity index (χ3v) is 9.03. The fourth-order valence-electron chi connectivity index (χ4n) is 4.56. The summed E-state index contributed by atoms with van der Waals surface area (Å²) in [5.74, 6) is 0.00505. The maximum Gasteiger partial charge on any atom is 0.264 e. The monoisotopic (exact) mass is 629 g/mol. The van der Waals surface area contributed by atoms with Crippen molar-refractivity contribution in [2.75, 3.05) is 31.6 Å². The summed E-state index contributed by atoms with van der Waals surface area (Å²) >= 11 is 6.31. The van der Waals surface area contributed by atoms with Crippen LogP contribution in [0.1, 0.15) is 44.2 Å². The van der Waals surface area contributed by atoms with Gasteiger partial charge in [0.25, 0.3) is 10.0 Å². The molecule has 0 saturated heterocycles. The molecule has 1 N–H and O–H groups in total. The second kappa shape index (κ2) is 15.6. The van der Waals surface area contributed by atoms with Crippen molar-refractivity contribution < 1.29 is 27.5 Å². The van der Waals surface area contributed by atoms with Gasteiger partial charge in [0.2, 0.25) is 11.8 Å². The number of nitrogens with zero attached hydrogens (tertiary/aromatic N) is 2. The molecule has 0 saturated carbocycles. The second-order valence-corrected chi connectivity index (χ2v) is 12.4. The Morgan fingerprint density at radius 2 is 1.63 bits per heavy atom. The maximum atomic E-state index is 14.2. The number of ether oxygens (including phenoxy) is 2. The number of carbonyl (C=O) groups is 2. The van der Waals surface area contributed by atoms with E-state index in [1.165, 1.54) is 30.2 Å². The molecule has 11 heteroatoms. The Hall–Kier alpha value is -3.76. The molecule has 0 fully saturated rings. The van der Waals surface area contributed by atoms with Crippen molar-refractivity contribution in [3.63, 3.8) is 0 Å². The van der Waals surface area contributed by atoms with Crippen molar-refractivity contribution in [3.05, 3.63) is 82.9 Å². The fraction of sp³-hybridized carbons (Fsp3) is 0.375. The van der Waals surface area contributed by atoms with Crippen LogP contribution in [-0.2, 0) is 26.2 Å². The number of unbranched alkanes of at least 4 members (excludes halogenated alkanes) is 1. The largest absolute Gasteiger partial charge is 0.497 e. The van der Waals surface area contributed by atoms with Crippen molar-refractivity contribution in [1.82, 2.24) is 10.2 Å². The van der Waals surface area contributed by atoms with Crippen LogP contribution in [0.25, 0.3) is 0 Å². The van der Waals surface area contributed by atoms with Gasteiger partial charge in [0, 0.05) is 18.1 Å². The number of methoxy groups -OCH3 is 2. The summed E-state index contributed by atoms with van der Waals surface area (Å²) in [6.45, 7) is 5.65. The summed E-state index contributed by atoms with van der Waals surface area (Å²) in [6, 6.07) is 17.2. The molecule has 43 heavy (non-hydrogen) atoms. The molecule has 0 spiro atoms. The van der Waals surface area contributed by atoms with Crippen LogP contribution in [0.3, 0.4) is 0 Å². The minimum Gasteiger partial charge on any atom is -0.497 e. The molecular weight excluding hydrogens is 590 g/mol. The summed E-state index contributed by atoms with van der Waals surface area (Å²) in [4.78, 5) is 29.0. The number of amides is 2. The Balaban J connectivity index is 2.10. The Morgan fingerprint density at radius 1 is 0.953 bits per heavy atom. The van der Waals surface area contributed by atoms with E-state index in [0.717, 1.165) is 28.3 Å². The maximum absolute atomic E-state index is 14.2. The topological polar surface area (TPSA) is 105 Å². The molecule has 3 aromatic carbocycles. The van der Waals surface area contributed by atoms with E-state index in [4.69, 9.17) is 21.1 Å². The summed E-state index contributed by atoms with van der Waals surface area (Å²) in [5, 5.41) is 3.19. The van der Waals surface area contributed by atoms with Gasteiger partial charge < -0.3 is 19.7 Å². The van der Waals surface area contributed by atoms with Crippen LogP contribution in [0, 0.1) is 6.92 Å². The second-order valence-electron chi connectivity index (χ2n) is 10.1. The molecule has 0 aliphatic rings. The van der Waals surface area contributed by atoms with Crippen molar-refractivity contribution in [3.8, 4) is 11.5 Å². The molecule has 3 rings (SSSR count). The van der Waals surface area contributed by atoms with Gasteiger partial charge in [-0.05, 0) is 67.8 Å². The van der Waals surface area contributed by atoms with Crippen LogP contribution >= 0.6 is 11.6 Å². The Bertz CT molecular complexity index is 1480. The Kier molecular flexibility index (Phi) is 12.3. The number of halogens is 1. The first-order chi connectivity index (χ1) is 20.5. The van der Waals surface area contributed by atoms with Crippen LogP contribution < -0.4 is 19.1 Å². The third kappa shape index (κ3) is 8.64. The lowest BCUT2D eigenvalue weighted by molar-refractivity contribution is -0.140. The minimum absolute atomic E-state index is 0.000942. The average molecular weight is 630 g/mol. The van der Waals surface area contributed by atoms with Gasteiger partial charge in [-0.3, -0.25) is 13.9 Å². The highest BCUT2D eigenvalue weighted by atomic mass is 35.5. The molecule has 1 atom stereocenters. The zero-order chi connectivity index (χ0) is 31.6. The van der Waals surface area contributed by atoms with Gasteiger partial charge in [0.05, 0.1) is 24.8 Å². The molecule has 0 aromatic heterocycles. The number of anilines is 1. The van der Waals surface area contributed by atoms with E-state index >= 15 is 0 Å². The van der Waals surface area contributed by atoms with Crippen LogP contribution in [0.5, 0.6) is 11.5 Å². The average Bonchev–Trinajstić information content (AvgIpc) is 3.00. The number of aryl methyl sites for hydroxylation is 1. The quantitative estimate of drug-likeness (QED) is 0.220. The summed E-state index contributed by atoms with van der Waals surface area (Å²) in [6.07, 6.45) is 2.02. The molecule has 0 aliphatic carbocycles. The molecule has 0 radical (unpaired) electrons. The van der Waals surface area contributed by atoms with E-state index in [2.05, 4.69) is 5.32 Å². The first-order valence-electron chi connectivity index (χ1n) is 14.2. The van der Waals surface area contributed by atoms with Gasteiger partial charge >= 0.3 is 0 Å². The lowest BCUT2D eigenvalue weighted by atomic mass is 10.1. The molecule has 232 valence electrons. The van der Waals surface area contributed by atoms with Crippen molar-refractivity contribution >= 4 is 39.1 Å². The van der Waals surface area contributed by atoms with Crippen LogP contribution in [0.2, 0.25) is 5.02 Å². The number of hydrogen-bond donors (Lipinski definition) is 1. The van der Waals surface area contributed by atoms with Gasteiger partial charge in [-0.2, -0.15) is 0 Å². The molecule has 0 aliphatic heterocycles. The standard InChI is InChI=1S/C32H40ClN3O6S/c1-6-8-19-34-32(38)28(7-2)35(21-24-11-14-26(41-4)15-12-24)31(37)22-36(29-20-25(33)13-18-30(29)42-5)43(39,40)27-16-9-23(3)10-17-27/h9-18,20,28H,6-8,19,21-22H2,1-5H3,(H,34,38). The highest BCUT2D eigenvalue weighted by Gasteiger charge is 2.35. The van der Waals surface area contributed by atoms with E-state index in [-0.39, 0.29) is 33.8 Å². The predicted molar refractivity (Wildman–Crippen MR) is 169 cm³/mol. The highest BCUT2D eigenvalue weighted by molar-refractivity contribution is 7.92. The zero-order valence-corrected chi connectivity index (χ0v) is 26.9. The van der Waals surface area contributed by atoms with Crippen molar-refractivity contribution in [2.45, 2.75) is 57.5 Å². The third-order valence-electron chi connectivity index (χ3n) is 7.02. The number of carbonyl (C=O) groups excluding carboxylic acids is 2. The number of sulfonamides is 1. The van der Waals surface area contributed by atoms with Crippen molar-refractivity contribution in [2.24, 2.45) is 0 Å². The van der Waals surface area contributed by atoms with E-state index < -0.39 is 28.5 Å². The molecule has 1 unspecified atom stereocenters. The van der Waals surface area contributed by atoms with Gasteiger partial charge in [-0.1, -0.05) is 61.7 Å². The van der Waals surface area contributed by atoms with Crippen LogP contribution in [0.4, 0.5) is 5.69 Å². The lowest BCUT2D eigenvalue weighted by Gasteiger charge is -2.33. The fourth-order valence-corrected chi connectivity index (χ4v) is 6.15. The number of rotatable bonds is 15. The molecule has 0 heterocycles. The predicted octanol–water partition coefficient (Wildman–Crippen LogP) is 5.58. The molecule has 3 aromatic rings. The molecule has 2 amide bonds. The van der Waals surface area contributed by atoms with Crippen molar-refractivity contribution in [1.29, 1.82) is 0 Å². The zero-order valence-electron chi connectivity index (χ0n) is 25.3. The summed E-state index contributed by atoms with van der Waals surface area (Å²) < 4.78 is 40.0. The normalized spacial score (nSPS) is 11.9. The number of hydrogen-bond acceptors (Lipinski definition) is 6. The molecular formula is C32H40ClN3O6S. The SMILES string of the molecule is CCCCNC(=O)C(CC)N(Cc1ccc(OC)cc1)C(=O)CN(c1cc(Cl)ccc1OC)S(=O)(=O)c1ccc(C)cc1. The van der Waals surface area contributed by atoms with Gasteiger partial charge in [0.15, 0.2) is 0 Å². The first kappa shape index (κ1) is 33.7. The number of nitrogens with one attached hydrogen (secondary N) is 1. The summed E-state index contributed by atoms with van der Waals surface area (Å²) in [5.41, 5.74) is 1.74. The first-order valence-corrected chi connectivity index (χ1v) is 16.0. The van der Waals surface area contributed by atoms with Crippen LogP contribution in [0.15, 0.2) is 71.6 Å². The number of benzene rings is 3. The minimum atomic E-state index is -4.27. The lowest BCUT2D eigenvalue weighted by Crippen LogP contribution is -2.52. The Labute approximate surface area is 259 Å². The van der Waals surface area contributed by atoms with Gasteiger partial charge in [-0.25, -0.2) is 8.42 Å². The van der Waals surface area contributed by atoms with E-state index in [9.17, 15) is 18.0 Å². The van der Waals surface area contributed by atoms with Gasteiger partial charge in [-0.15, -0.1) is 0 Å². The van der Waals surface area contributed by atoms with Gasteiger partial charge in [0.1, 0.15) is 24.1 Å².